The molecule has 0 aliphatic carbocycles. The minimum Gasteiger partial charge on any atom is -0.331 e. The maximum atomic E-state index is 12.2. The van der Waals surface area contributed by atoms with Crippen molar-refractivity contribution < 1.29 is 4.79 Å². The standard InChI is InChI=1S/C18H16ClN3OS2/c1-24-16-7-3-6-14(9-16)20-17(23)10-15-11-25-18(22-15)21-13-5-2-4-12(19)8-13/h2-9,11H,10H2,1H3,(H,20,23)(H,21,22). The monoisotopic (exact) mass is 389 g/mol. The number of benzene rings is 2. The van der Waals surface area contributed by atoms with E-state index in [9.17, 15) is 4.79 Å². The van der Waals surface area contributed by atoms with Gasteiger partial charge in [-0.25, -0.2) is 4.98 Å². The van der Waals surface area contributed by atoms with Gasteiger partial charge in [-0.05, 0) is 42.7 Å². The molecule has 1 heterocycles. The zero-order valence-electron chi connectivity index (χ0n) is 13.5. The minimum atomic E-state index is -0.0853. The second-order valence-corrected chi connectivity index (χ2v) is 7.41. The van der Waals surface area contributed by atoms with Crippen molar-refractivity contribution in [1.29, 1.82) is 0 Å². The summed E-state index contributed by atoms with van der Waals surface area (Å²) in [6.07, 6.45) is 2.24. The van der Waals surface area contributed by atoms with E-state index in [1.165, 1.54) is 11.3 Å². The number of rotatable bonds is 6. The van der Waals surface area contributed by atoms with Crippen molar-refractivity contribution in [2.45, 2.75) is 11.3 Å². The van der Waals surface area contributed by atoms with Gasteiger partial charge >= 0.3 is 0 Å². The summed E-state index contributed by atoms with van der Waals surface area (Å²) in [5, 5.41) is 9.37. The van der Waals surface area contributed by atoms with Crippen molar-refractivity contribution in [2.24, 2.45) is 0 Å². The Hall–Kier alpha value is -2.02. The Balaban J connectivity index is 1.59. The van der Waals surface area contributed by atoms with Gasteiger partial charge in [-0.2, -0.15) is 0 Å². The Labute approximate surface area is 159 Å². The molecule has 0 bridgehead atoms. The van der Waals surface area contributed by atoms with Crippen LogP contribution in [-0.4, -0.2) is 17.1 Å². The van der Waals surface area contributed by atoms with Gasteiger partial charge in [0.05, 0.1) is 12.1 Å². The highest BCUT2D eigenvalue weighted by atomic mass is 35.5. The van der Waals surface area contributed by atoms with Crippen LogP contribution in [0.15, 0.2) is 58.8 Å². The fourth-order valence-electron chi connectivity index (χ4n) is 2.21. The minimum absolute atomic E-state index is 0.0853. The zero-order valence-corrected chi connectivity index (χ0v) is 15.8. The number of anilines is 3. The molecule has 0 unspecified atom stereocenters. The van der Waals surface area contributed by atoms with E-state index in [0.717, 1.165) is 27.1 Å². The average Bonchev–Trinajstić information content (AvgIpc) is 3.01. The Bertz CT molecular complexity index is 882. The van der Waals surface area contributed by atoms with Gasteiger partial charge in [0.15, 0.2) is 5.13 Å². The molecule has 0 spiro atoms. The van der Waals surface area contributed by atoms with Crippen LogP contribution in [0, 0.1) is 0 Å². The van der Waals surface area contributed by atoms with Crippen LogP contribution in [0.1, 0.15) is 5.69 Å². The van der Waals surface area contributed by atoms with Crippen molar-refractivity contribution in [3.05, 3.63) is 64.6 Å². The van der Waals surface area contributed by atoms with E-state index < -0.39 is 0 Å². The number of nitrogens with one attached hydrogen (secondary N) is 2. The van der Waals surface area contributed by atoms with Gasteiger partial charge in [-0.1, -0.05) is 23.7 Å². The number of carbonyl (C=O) groups is 1. The van der Waals surface area contributed by atoms with Crippen LogP contribution in [0.3, 0.4) is 0 Å². The van der Waals surface area contributed by atoms with E-state index in [1.54, 1.807) is 11.8 Å². The van der Waals surface area contributed by atoms with Crippen molar-refractivity contribution in [3.63, 3.8) is 0 Å². The highest BCUT2D eigenvalue weighted by molar-refractivity contribution is 7.98. The third-order valence-corrected chi connectivity index (χ3v) is 5.09. The first-order valence-electron chi connectivity index (χ1n) is 7.53. The first kappa shape index (κ1) is 17.8. The first-order valence-corrected chi connectivity index (χ1v) is 10.0. The summed E-state index contributed by atoms with van der Waals surface area (Å²) >= 11 is 9.07. The van der Waals surface area contributed by atoms with Gasteiger partial charge < -0.3 is 10.6 Å². The van der Waals surface area contributed by atoms with Crippen LogP contribution in [0.25, 0.3) is 0 Å². The van der Waals surface area contributed by atoms with Gasteiger partial charge in [0, 0.05) is 26.7 Å². The quantitative estimate of drug-likeness (QED) is 0.551. The van der Waals surface area contributed by atoms with Crippen LogP contribution in [0.4, 0.5) is 16.5 Å². The Morgan fingerprint density at radius 3 is 2.80 bits per heavy atom. The molecule has 0 atom stereocenters. The normalized spacial score (nSPS) is 10.5. The maximum Gasteiger partial charge on any atom is 0.230 e. The van der Waals surface area contributed by atoms with Crippen LogP contribution in [0.5, 0.6) is 0 Å². The summed E-state index contributed by atoms with van der Waals surface area (Å²) in [6.45, 7) is 0. The lowest BCUT2D eigenvalue weighted by atomic mass is 10.3. The summed E-state index contributed by atoms with van der Waals surface area (Å²) in [5.74, 6) is -0.0853. The third kappa shape index (κ3) is 5.22. The van der Waals surface area contributed by atoms with E-state index in [1.807, 2.05) is 60.2 Å². The molecule has 1 aromatic heterocycles. The van der Waals surface area contributed by atoms with Gasteiger partial charge in [-0.15, -0.1) is 23.1 Å². The largest absolute Gasteiger partial charge is 0.331 e. The lowest BCUT2D eigenvalue weighted by Crippen LogP contribution is -2.14. The number of amides is 1. The highest BCUT2D eigenvalue weighted by Gasteiger charge is 2.09. The summed E-state index contributed by atoms with van der Waals surface area (Å²) < 4.78 is 0. The second kappa shape index (κ2) is 8.38. The van der Waals surface area contributed by atoms with Gasteiger partial charge in [-0.3, -0.25) is 4.79 Å². The lowest BCUT2D eigenvalue weighted by molar-refractivity contribution is -0.115. The summed E-state index contributed by atoms with van der Waals surface area (Å²) in [4.78, 5) is 17.8. The van der Waals surface area contributed by atoms with E-state index in [0.29, 0.717) is 5.02 Å². The van der Waals surface area contributed by atoms with Gasteiger partial charge in [0.25, 0.3) is 0 Å². The summed E-state index contributed by atoms with van der Waals surface area (Å²) in [7, 11) is 0. The SMILES string of the molecule is CSc1cccc(NC(=O)Cc2csc(Nc3cccc(Cl)c3)n2)c1. The molecule has 0 saturated carbocycles. The fraction of sp³-hybridized carbons (Fsp3) is 0.111. The van der Waals surface area contributed by atoms with Crippen LogP contribution < -0.4 is 10.6 Å². The first-order chi connectivity index (χ1) is 12.1. The molecule has 3 aromatic rings. The maximum absolute atomic E-state index is 12.2. The number of nitrogens with zero attached hydrogens (tertiary/aromatic N) is 1. The second-order valence-electron chi connectivity index (χ2n) is 5.24. The van der Waals surface area contributed by atoms with Crippen LogP contribution in [-0.2, 0) is 11.2 Å². The number of halogens is 1. The highest BCUT2D eigenvalue weighted by Crippen LogP contribution is 2.24. The Kier molecular flexibility index (Phi) is 5.96. The van der Waals surface area contributed by atoms with Crippen LogP contribution in [0.2, 0.25) is 5.02 Å². The van der Waals surface area contributed by atoms with E-state index in [4.69, 9.17) is 11.6 Å². The predicted octanol–water partition coefficient (Wildman–Crippen LogP) is 5.44. The van der Waals surface area contributed by atoms with Crippen molar-refractivity contribution >= 4 is 57.1 Å². The Morgan fingerprint density at radius 2 is 2.00 bits per heavy atom. The molecule has 1 amide bonds. The van der Waals surface area contributed by atoms with Crippen molar-refractivity contribution in [3.8, 4) is 0 Å². The molecule has 4 nitrogen and oxygen atoms in total. The number of thiazole rings is 1. The molecule has 2 aromatic carbocycles. The smallest absolute Gasteiger partial charge is 0.230 e. The summed E-state index contributed by atoms with van der Waals surface area (Å²) in [5.41, 5.74) is 2.39. The zero-order chi connectivity index (χ0) is 17.6. The van der Waals surface area contributed by atoms with Crippen LogP contribution >= 0.6 is 34.7 Å². The molecule has 3 rings (SSSR count). The topological polar surface area (TPSA) is 54.0 Å². The number of hydrogen-bond acceptors (Lipinski definition) is 5. The molecule has 7 heteroatoms. The fourth-order valence-corrected chi connectivity index (χ4v) is 3.59. The molecule has 2 N–H and O–H groups in total. The van der Waals surface area contributed by atoms with E-state index in [-0.39, 0.29) is 12.3 Å². The lowest BCUT2D eigenvalue weighted by Gasteiger charge is -2.05. The molecular formula is C18H16ClN3OS2. The predicted molar refractivity (Wildman–Crippen MR) is 107 cm³/mol. The Morgan fingerprint density at radius 1 is 1.20 bits per heavy atom. The van der Waals surface area contributed by atoms with Crippen molar-refractivity contribution in [2.75, 3.05) is 16.9 Å². The molecule has 0 aliphatic rings. The average molecular weight is 390 g/mol. The molecular weight excluding hydrogens is 374 g/mol. The molecule has 0 saturated heterocycles. The number of carbonyl (C=O) groups excluding carboxylic acids is 1. The number of thioether (sulfide) groups is 1. The number of hydrogen-bond donors (Lipinski definition) is 2. The third-order valence-electron chi connectivity index (χ3n) is 3.32. The molecule has 0 aliphatic heterocycles. The molecule has 0 radical (unpaired) electrons. The van der Waals surface area contributed by atoms with Gasteiger partial charge in [0.1, 0.15) is 0 Å². The van der Waals surface area contributed by atoms with Crippen molar-refractivity contribution in [1.82, 2.24) is 4.98 Å². The number of aromatic nitrogens is 1. The molecule has 128 valence electrons. The van der Waals surface area contributed by atoms with E-state index in [2.05, 4.69) is 15.6 Å². The molecule has 0 fully saturated rings. The van der Waals surface area contributed by atoms with Gasteiger partial charge in [0.2, 0.25) is 5.91 Å². The molecule has 25 heavy (non-hydrogen) atoms. The summed E-state index contributed by atoms with van der Waals surface area (Å²) in [6, 6.07) is 15.2. The van der Waals surface area contributed by atoms with E-state index >= 15 is 0 Å².